The Morgan fingerprint density at radius 3 is 2.50 bits per heavy atom. The Hall–Kier alpha value is -1.25. The summed E-state index contributed by atoms with van der Waals surface area (Å²) in [6.45, 7) is 7.93. The third-order valence-electron chi connectivity index (χ3n) is 2.41. The minimum absolute atomic E-state index is 0.196. The van der Waals surface area contributed by atoms with Gasteiger partial charge in [-0.3, -0.25) is 0 Å². The maximum absolute atomic E-state index is 11.1. The number of carbonyl (C=O) groups is 1. The van der Waals surface area contributed by atoms with Crippen LogP contribution in [0.15, 0.2) is 6.07 Å². The molecular formula is C11H17NO2. The molecule has 0 spiro atoms. The molecule has 0 aliphatic rings. The van der Waals surface area contributed by atoms with E-state index in [1.165, 1.54) is 0 Å². The Bertz CT molecular complexity index is 350. The lowest BCUT2D eigenvalue weighted by Gasteiger charge is -2.13. The van der Waals surface area contributed by atoms with E-state index in [-0.39, 0.29) is 6.04 Å². The zero-order valence-corrected chi connectivity index (χ0v) is 9.16. The number of aromatic carboxylic acids is 1. The Morgan fingerprint density at radius 1 is 1.57 bits per heavy atom. The Labute approximate surface area is 84.4 Å². The van der Waals surface area contributed by atoms with Crippen LogP contribution in [0.4, 0.5) is 0 Å². The van der Waals surface area contributed by atoms with Crippen molar-refractivity contribution in [1.29, 1.82) is 0 Å². The van der Waals surface area contributed by atoms with Crippen LogP contribution in [0.1, 0.15) is 48.6 Å². The molecule has 1 heterocycles. The number of carboxylic acid groups (broad SMARTS) is 1. The second-order valence-electron chi connectivity index (χ2n) is 3.78. The number of hydrogen-bond acceptors (Lipinski definition) is 1. The molecule has 0 saturated carbocycles. The molecule has 0 atom stereocenters. The van der Waals surface area contributed by atoms with Crippen molar-refractivity contribution in [2.75, 3.05) is 0 Å². The van der Waals surface area contributed by atoms with Gasteiger partial charge in [0.15, 0.2) is 0 Å². The van der Waals surface area contributed by atoms with Crippen LogP contribution in [0.2, 0.25) is 0 Å². The molecule has 0 bridgehead atoms. The standard InChI is InChI=1S/C11H17NO2/c1-5-9-6-8(4)12(7(2)3)10(9)11(13)14/h6-7H,5H2,1-4H3,(H,13,14). The van der Waals surface area contributed by atoms with Gasteiger partial charge in [0.1, 0.15) is 5.69 Å². The summed E-state index contributed by atoms with van der Waals surface area (Å²) in [7, 11) is 0. The van der Waals surface area contributed by atoms with Crippen LogP contribution in [0, 0.1) is 6.92 Å². The van der Waals surface area contributed by atoms with Crippen molar-refractivity contribution >= 4 is 5.97 Å². The second kappa shape index (κ2) is 3.86. The van der Waals surface area contributed by atoms with Gasteiger partial charge in [0, 0.05) is 11.7 Å². The molecule has 3 nitrogen and oxygen atoms in total. The van der Waals surface area contributed by atoms with Crippen molar-refractivity contribution in [3.63, 3.8) is 0 Å². The lowest BCUT2D eigenvalue weighted by molar-refractivity contribution is 0.0681. The van der Waals surface area contributed by atoms with Gasteiger partial charge in [-0.15, -0.1) is 0 Å². The van der Waals surface area contributed by atoms with Gasteiger partial charge in [-0.2, -0.15) is 0 Å². The molecule has 3 heteroatoms. The number of aryl methyl sites for hydroxylation is 2. The molecule has 78 valence electrons. The van der Waals surface area contributed by atoms with Crippen molar-refractivity contribution in [2.24, 2.45) is 0 Å². The van der Waals surface area contributed by atoms with E-state index in [0.717, 1.165) is 17.7 Å². The molecule has 0 unspecified atom stereocenters. The van der Waals surface area contributed by atoms with Crippen LogP contribution >= 0.6 is 0 Å². The van der Waals surface area contributed by atoms with Crippen molar-refractivity contribution < 1.29 is 9.90 Å². The Kier molecular flexibility index (Phi) is 2.99. The summed E-state index contributed by atoms with van der Waals surface area (Å²) >= 11 is 0. The first-order valence-electron chi connectivity index (χ1n) is 4.93. The predicted octanol–water partition coefficient (Wildman–Crippen LogP) is 2.64. The summed E-state index contributed by atoms with van der Waals surface area (Å²) in [5.41, 5.74) is 2.39. The molecule has 0 radical (unpaired) electrons. The highest BCUT2D eigenvalue weighted by molar-refractivity contribution is 5.88. The minimum atomic E-state index is -0.830. The zero-order valence-electron chi connectivity index (χ0n) is 9.16. The van der Waals surface area contributed by atoms with Gasteiger partial charge >= 0.3 is 5.97 Å². The largest absolute Gasteiger partial charge is 0.477 e. The fourth-order valence-electron chi connectivity index (χ4n) is 1.90. The molecule has 1 aromatic heterocycles. The molecule has 0 aliphatic heterocycles. The zero-order chi connectivity index (χ0) is 10.9. The first-order chi connectivity index (χ1) is 6.49. The Balaban J connectivity index is 3.39. The number of nitrogens with zero attached hydrogens (tertiary/aromatic N) is 1. The van der Waals surface area contributed by atoms with Crippen LogP contribution in [0.3, 0.4) is 0 Å². The van der Waals surface area contributed by atoms with Crippen LogP contribution in [-0.2, 0) is 6.42 Å². The third kappa shape index (κ3) is 1.67. The Morgan fingerprint density at radius 2 is 2.14 bits per heavy atom. The average Bonchev–Trinajstić information content (AvgIpc) is 2.41. The van der Waals surface area contributed by atoms with Crippen LogP contribution < -0.4 is 0 Å². The molecule has 0 saturated heterocycles. The van der Waals surface area contributed by atoms with Gasteiger partial charge in [-0.1, -0.05) is 6.92 Å². The lowest BCUT2D eigenvalue weighted by Crippen LogP contribution is -2.13. The summed E-state index contributed by atoms with van der Waals surface area (Å²) in [6, 6.07) is 2.16. The minimum Gasteiger partial charge on any atom is -0.477 e. The molecule has 0 aliphatic carbocycles. The number of rotatable bonds is 3. The highest BCUT2D eigenvalue weighted by atomic mass is 16.4. The van der Waals surface area contributed by atoms with E-state index in [2.05, 4.69) is 0 Å². The fraction of sp³-hybridized carbons (Fsp3) is 0.545. The second-order valence-corrected chi connectivity index (χ2v) is 3.78. The van der Waals surface area contributed by atoms with E-state index in [9.17, 15) is 4.79 Å². The summed E-state index contributed by atoms with van der Waals surface area (Å²) in [4.78, 5) is 11.1. The lowest BCUT2D eigenvalue weighted by atomic mass is 10.2. The molecule has 1 aromatic rings. The van der Waals surface area contributed by atoms with Gasteiger partial charge in [0.05, 0.1) is 0 Å². The van der Waals surface area contributed by atoms with E-state index in [1.54, 1.807) is 0 Å². The molecule has 0 fully saturated rings. The maximum Gasteiger partial charge on any atom is 0.352 e. The average molecular weight is 195 g/mol. The third-order valence-corrected chi connectivity index (χ3v) is 2.41. The van der Waals surface area contributed by atoms with E-state index in [1.807, 2.05) is 38.3 Å². The van der Waals surface area contributed by atoms with E-state index in [4.69, 9.17) is 5.11 Å². The molecule has 0 aromatic carbocycles. The van der Waals surface area contributed by atoms with Crippen molar-refractivity contribution in [3.05, 3.63) is 23.0 Å². The molecule has 1 rings (SSSR count). The maximum atomic E-state index is 11.1. The van der Waals surface area contributed by atoms with Crippen LogP contribution in [0.5, 0.6) is 0 Å². The van der Waals surface area contributed by atoms with Gasteiger partial charge in [-0.05, 0) is 38.8 Å². The van der Waals surface area contributed by atoms with Crippen LogP contribution in [-0.4, -0.2) is 15.6 Å². The van der Waals surface area contributed by atoms with Gasteiger partial charge in [-0.25, -0.2) is 4.79 Å². The molecule has 0 amide bonds. The van der Waals surface area contributed by atoms with Crippen molar-refractivity contribution in [3.8, 4) is 0 Å². The normalized spacial score (nSPS) is 10.9. The monoisotopic (exact) mass is 195 g/mol. The fourth-order valence-corrected chi connectivity index (χ4v) is 1.90. The van der Waals surface area contributed by atoms with E-state index < -0.39 is 5.97 Å². The topological polar surface area (TPSA) is 42.2 Å². The van der Waals surface area contributed by atoms with Crippen LogP contribution in [0.25, 0.3) is 0 Å². The first kappa shape index (κ1) is 10.8. The van der Waals surface area contributed by atoms with Crippen molar-refractivity contribution in [1.82, 2.24) is 4.57 Å². The molecule has 14 heavy (non-hydrogen) atoms. The number of carboxylic acids is 1. The SMILES string of the molecule is CCc1cc(C)n(C(C)C)c1C(=O)O. The number of aromatic nitrogens is 1. The van der Waals surface area contributed by atoms with Gasteiger partial charge in [0.2, 0.25) is 0 Å². The smallest absolute Gasteiger partial charge is 0.352 e. The predicted molar refractivity (Wildman–Crippen MR) is 55.9 cm³/mol. The highest BCUT2D eigenvalue weighted by Gasteiger charge is 2.19. The molecular weight excluding hydrogens is 178 g/mol. The summed E-state index contributed by atoms with van der Waals surface area (Å²) in [5, 5.41) is 9.12. The van der Waals surface area contributed by atoms with E-state index >= 15 is 0 Å². The summed E-state index contributed by atoms with van der Waals surface area (Å²) in [6.07, 6.45) is 0.766. The molecule has 1 N–H and O–H groups in total. The summed E-state index contributed by atoms with van der Waals surface area (Å²) in [5.74, 6) is -0.830. The van der Waals surface area contributed by atoms with Gasteiger partial charge < -0.3 is 9.67 Å². The van der Waals surface area contributed by atoms with Gasteiger partial charge in [0.25, 0.3) is 0 Å². The summed E-state index contributed by atoms with van der Waals surface area (Å²) < 4.78 is 1.88. The number of hydrogen-bond donors (Lipinski definition) is 1. The van der Waals surface area contributed by atoms with E-state index in [0.29, 0.717) is 5.69 Å². The quantitative estimate of drug-likeness (QED) is 0.805. The highest BCUT2D eigenvalue weighted by Crippen LogP contribution is 2.21. The first-order valence-corrected chi connectivity index (χ1v) is 4.93. The van der Waals surface area contributed by atoms with Crippen molar-refractivity contribution in [2.45, 2.75) is 40.2 Å².